The molecule has 16 rings (SSSR count). The maximum Gasteiger partial charge on any atom is 0.166 e. The van der Waals surface area contributed by atoms with Crippen LogP contribution in [0.15, 0.2) is 291 Å². The lowest BCUT2D eigenvalue weighted by Crippen LogP contribution is -2.06. The van der Waals surface area contributed by atoms with Gasteiger partial charge < -0.3 is 9.13 Å². The van der Waals surface area contributed by atoms with E-state index in [0.29, 0.717) is 23.0 Å². The Morgan fingerprint density at radius 2 is 0.609 bits per heavy atom. The molecule has 434 valence electrons. The fourth-order valence-electron chi connectivity index (χ4n) is 13.8. The van der Waals surface area contributed by atoms with Gasteiger partial charge in [0.15, 0.2) is 17.5 Å². The second-order valence-electron chi connectivity index (χ2n) is 24.0. The Morgan fingerprint density at radius 3 is 1.03 bits per heavy atom. The van der Waals surface area contributed by atoms with Crippen LogP contribution < -0.4 is 0 Å². The Kier molecular flexibility index (Phi) is 13.7. The molecule has 0 amide bonds. The lowest BCUT2D eigenvalue weighted by molar-refractivity contribution is 1.06. The highest BCUT2D eigenvalue weighted by Gasteiger charge is 2.27. The van der Waals surface area contributed by atoms with Gasteiger partial charge in [-0.2, -0.15) is 5.26 Å². The van der Waals surface area contributed by atoms with E-state index in [4.69, 9.17) is 15.0 Å². The molecule has 0 unspecified atom stereocenters. The standard InChI is InChI=1S/C86H60N6/c1-54-21-11-15-31-67(54)63-38-43-78-73(49-63)74-50-64(68-32-16-12-22-55(68)2)39-44-79(74)91(78)77-42-37-62(61-30-19-25-58(47-61)53-87)48-72(77)71-35-20-36-82(83(71)86-89-84(59-26-7-5-8-27-59)88-85(90-86)60-28-9-6-10-29-60)92-80-45-40-65(69-33-17-13-23-56(69)3)51-75(80)76-52-66(41-46-81(76)92)70-34-18-14-24-57(70)4/h5-52H,1-4H3. The van der Waals surface area contributed by atoms with E-state index >= 15 is 0 Å². The summed E-state index contributed by atoms with van der Waals surface area (Å²) in [5, 5.41) is 14.9. The molecule has 0 saturated heterocycles. The molecular weight excluding hydrogens is 1120 g/mol. The third-order valence-corrected chi connectivity index (χ3v) is 18.4. The van der Waals surface area contributed by atoms with Gasteiger partial charge in [-0.15, -0.1) is 0 Å². The molecule has 0 bridgehead atoms. The van der Waals surface area contributed by atoms with Gasteiger partial charge in [0.25, 0.3) is 0 Å². The summed E-state index contributed by atoms with van der Waals surface area (Å²) in [5.41, 5.74) is 27.2. The Morgan fingerprint density at radius 1 is 0.261 bits per heavy atom. The topological polar surface area (TPSA) is 72.3 Å². The van der Waals surface area contributed by atoms with E-state index < -0.39 is 0 Å². The van der Waals surface area contributed by atoms with Gasteiger partial charge >= 0.3 is 0 Å². The Balaban J connectivity index is 1.05. The highest BCUT2D eigenvalue weighted by atomic mass is 15.1. The molecule has 13 aromatic carbocycles. The van der Waals surface area contributed by atoms with Crippen LogP contribution in [0.5, 0.6) is 0 Å². The number of hydrogen-bond donors (Lipinski definition) is 0. The fourth-order valence-corrected chi connectivity index (χ4v) is 13.8. The molecule has 0 aliphatic rings. The first-order valence-electron chi connectivity index (χ1n) is 31.3. The monoisotopic (exact) mass is 1180 g/mol. The third kappa shape index (κ3) is 9.63. The number of nitrogens with zero attached hydrogens (tertiary/aromatic N) is 6. The van der Waals surface area contributed by atoms with Crippen molar-refractivity contribution in [3.8, 4) is 118 Å². The number of rotatable bonds is 11. The number of hydrogen-bond acceptors (Lipinski definition) is 4. The predicted molar refractivity (Wildman–Crippen MR) is 381 cm³/mol. The molecule has 6 nitrogen and oxygen atoms in total. The molecule has 0 saturated carbocycles. The number of aromatic nitrogens is 5. The molecule has 92 heavy (non-hydrogen) atoms. The largest absolute Gasteiger partial charge is 0.309 e. The summed E-state index contributed by atoms with van der Waals surface area (Å²) < 4.78 is 4.88. The molecule has 3 heterocycles. The summed E-state index contributed by atoms with van der Waals surface area (Å²) in [7, 11) is 0. The molecule has 6 heteroatoms. The van der Waals surface area contributed by atoms with E-state index in [9.17, 15) is 5.26 Å². The van der Waals surface area contributed by atoms with Crippen LogP contribution in [0.25, 0.3) is 156 Å². The molecule has 0 radical (unpaired) electrons. The summed E-state index contributed by atoms with van der Waals surface area (Å²) in [5.74, 6) is 1.63. The van der Waals surface area contributed by atoms with Gasteiger partial charge in [0, 0.05) is 38.2 Å². The average Bonchev–Trinajstić information content (AvgIpc) is 1.48. The van der Waals surface area contributed by atoms with E-state index in [1.807, 2.05) is 54.6 Å². The fraction of sp³-hybridized carbons (Fsp3) is 0.0465. The van der Waals surface area contributed by atoms with Crippen molar-refractivity contribution in [2.24, 2.45) is 0 Å². The first-order chi connectivity index (χ1) is 45.2. The van der Waals surface area contributed by atoms with Gasteiger partial charge in [0.1, 0.15) is 0 Å². The lowest BCUT2D eigenvalue weighted by Gasteiger charge is -2.22. The van der Waals surface area contributed by atoms with E-state index in [1.165, 1.54) is 44.5 Å². The molecule has 0 aliphatic carbocycles. The number of fused-ring (bicyclic) bond motifs is 6. The van der Waals surface area contributed by atoms with E-state index in [1.54, 1.807) is 0 Å². The molecule has 16 aromatic rings. The highest BCUT2D eigenvalue weighted by molar-refractivity contribution is 6.14. The van der Waals surface area contributed by atoms with Crippen molar-refractivity contribution >= 4 is 43.6 Å². The lowest BCUT2D eigenvalue weighted by atomic mass is 9.92. The zero-order valence-corrected chi connectivity index (χ0v) is 51.4. The van der Waals surface area contributed by atoms with Gasteiger partial charge in [0.05, 0.1) is 50.6 Å². The second kappa shape index (κ2) is 22.8. The molecule has 0 atom stereocenters. The molecule has 0 fully saturated rings. The predicted octanol–water partition coefficient (Wildman–Crippen LogP) is 22.2. The Bertz CT molecular complexity index is 5380. The van der Waals surface area contributed by atoms with E-state index in [2.05, 4.69) is 279 Å². The van der Waals surface area contributed by atoms with Crippen LogP contribution in [0.2, 0.25) is 0 Å². The molecular formula is C86H60N6. The van der Waals surface area contributed by atoms with Gasteiger partial charge in [-0.25, -0.2) is 15.0 Å². The summed E-state index contributed by atoms with van der Waals surface area (Å²) in [4.78, 5) is 16.6. The highest BCUT2D eigenvalue weighted by Crippen LogP contribution is 2.47. The van der Waals surface area contributed by atoms with Gasteiger partial charge in [-0.05, 0) is 190 Å². The quantitative estimate of drug-likeness (QED) is 0.129. The smallest absolute Gasteiger partial charge is 0.166 e. The van der Waals surface area contributed by atoms with Gasteiger partial charge in [-0.3, -0.25) is 0 Å². The number of aryl methyl sites for hydroxylation is 4. The van der Waals surface area contributed by atoms with E-state index in [-0.39, 0.29) is 0 Å². The second-order valence-corrected chi connectivity index (χ2v) is 24.0. The van der Waals surface area contributed by atoms with Crippen molar-refractivity contribution in [2.75, 3.05) is 0 Å². The SMILES string of the molecule is Cc1ccccc1-c1ccc2c(c1)c1cc(-c3ccccc3C)ccc1n2-c1ccc(-c2cccc(C#N)c2)cc1-c1cccc(-n2c3ccc(-c4ccccc4C)cc3c3cc(-c4ccccc4C)ccc32)c1-c1nc(-c2ccccc2)nc(-c2ccccc2)n1. The summed E-state index contributed by atoms with van der Waals surface area (Å²) in [6, 6.07) is 107. The zero-order valence-electron chi connectivity index (χ0n) is 51.4. The van der Waals surface area contributed by atoms with Crippen LogP contribution in [0.4, 0.5) is 0 Å². The minimum Gasteiger partial charge on any atom is -0.309 e. The molecule has 0 spiro atoms. The summed E-state index contributed by atoms with van der Waals surface area (Å²) in [6.45, 7) is 8.75. The normalized spacial score (nSPS) is 11.5. The maximum atomic E-state index is 10.4. The van der Waals surface area contributed by atoms with Crippen LogP contribution in [-0.4, -0.2) is 24.1 Å². The zero-order chi connectivity index (χ0) is 62.0. The van der Waals surface area contributed by atoms with E-state index in [0.717, 1.165) is 116 Å². The van der Waals surface area contributed by atoms with Gasteiger partial charge in [-0.1, -0.05) is 212 Å². The third-order valence-electron chi connectivity index (χ3n) is 18.4. The van der Waals surface area contributed by atoms with Crippen molar-refractivity contribution in [3.05, 3.63) is 319 Å². The van der Waals surface area contributed by atoms with Crippen molar-refractivity contribution in [3.63, 3.8) is 0 Å². The number of benzene rings is 13. The Labute approximate surface area is 535 Å². The maximum absolute atomic E-state index is 10.4. The van der Waals surface area contributed by atoms with Crippen molar-refractivity contribution in [2.45, 2.75) is 27.7 Å². The van der Waals surface area contributed by atoms with Crippen molar-refractivity contribution in [1.29, 1.82) is 5.26 Å². The first kappa shape index (κ1) is 55.3. The first-order valence-corrected chi connectivity index (χ1v) is 31.3. The minimum atomic E-state index is 0.516. The molecule has 0 aliphatic heterocycles. The number of nitriles is 1. The minimum absolute atomic E-state index is 0.516. The van der Waals surface area contributed by atoms with Crippen LogP contribution in [0, 0.1) is 39.0 Å². The van der Waals surface area contributed by atoms with Gasteiger partial charge in [0.2, 0.25) is 0 Å². The Hall–Kier alpha value is -12.0. The average molecular weight is 1180 g/mol. The van der Waals surface area contributed by atoms with Crippen molar-refractivity contribution in [1.82, 2.24) is 24.1 Å². The molecule has 3 aromatic heterocycles. The van der Waals surface area contributed by atoms with Crippen LogP contribution in [0.3, 0.4) is 0 Å². The van der Waals surface area contributed by atoms with Crippen LogP contribution >= 0.6 is 0 Å². The summed E-state index contributed by atoms with van der Waals surface area (Å²) >= 11 is 0. The van der Waals surface area contributed by atoms with Crippen molar-refractivity contribution < 1.29 is 0 Å². The van der Waals surface area contributed by atoms with Crippen LogP contribution in [0.1, 0.15) is 27.8 Å². The summed E-state index contributed by atoms with van der Waals surface area (Å²) in [6.07, 6.45) is 0. The molecule has 0 N–H and O–H groups in total. The van der Waals surface area contributed by atoms with Crippen LogP contribution in [-0.2, 0) is 0 Å².